The van der Waals surface area contributed by atoms with E-state index in [9.17, 15) is 44.7 Å². The molecule has 0 saturated heterocycles. The Morgan fingerprint density at radius 3 is 2.11 bits per heavy atom. The van der Waals surface area contributed by atoms with E-state index in [0.29, 0.717) is 23.3 Å². The second-order valence-electron chi connectivity index (χ2n) is 10.4. The molecule has 44 heavy (non-hydrogen) atoms. The zero-order valence-electron chi connectivity index (χ0n) is 23.5. The molecule has 0 bridgehead atoms. The van der Waals surface area contributed by atoms with Gasteiger partial charge in [-0.05, 0) is 73.0 Å². The maximum Gasteiger partial charge on any atom is 0.430 e. The minimum Gasteiger partial charge on any atom is -0.369 e. The number of aliphatic hydroxyl groups is 1. The Kier molecular flexibility index (Phi) is 8.69. The van der Waals surface area contributed by atoms with Crippen molar-refractivity contribution in [2.75, 3.05) is 6.26 Å². The molecular formula is C31H26F6N2O4S. The highest BCUT2D eigenvalue weighted by Gasteiger charge is 2.71. The largest absolute Gasteiger partial charge is 0.430 e. The number of hydrogen-bond donors (Lipinski definition) is 2. The predicted octanol–water partition coefficient (Wildman–Crippen LogP) is 6.68. The van der Waals surface area contributed by atoms with Gasteiger partial charge in [0, 0.05) is 40.6 Å². The first kappa shape index (κ1) is 32.7. The van der Waals surface area contributed by atoms with Crippen molar-refractivity contribution in [3.63, 3.8) is 0 Å². The van der Waals surface area contributed by atoms with E-state index < -0.39 is 39.3 Å². The van der Waals surface area contributed by atoms with Crippen LogP contribution in [-0.4, -0.2) is 49.1 Å². The molecule has 4 aromatic rings. The molecule has 0 fully saturated rings. The summed E-state index contributed by atoms with van der Waals surface area (Å²) in [6, 6.07) is 15.1. The number of nitrogens with one attached hydrogen (secondary N) is 1. The molecule has 0 aliphatic heterocycles. The summed E-state index contributed by atoms with van der Waals surface area (Å²) in [5.74, 6) is -0.507. The van der Waals surface area contributed by atoms with E-state index in [2.05, 4.69) is 10.3 Å². The van der Waals surface area contributed by atoms with Crippen LogP contribution in [0.5, 0.6) is 0 Å². The van der Waals surface area contributed by atoms with Crippen molar-refractivity contribution in [2.24, 2.45) is 0 Å². The molecule has 0 aliphatic rings. The first-order valence-corrected chi connectivity index (χ1v) is 14.9. The zero-order chi connectivity index (χ0) is 32.7. The van der Waals surface area contributed by atoms with Gasteiger partial charge in [0.05, 0.1) is 10.4 Å². The smallest absolute Gasteiger partial charge is 0.369 e. The van der Waals surface area contributed by atoms with Crippen molar-refractivity contribution in [3.05, 3.63) is 95.7 Å². The number of fused-ring (bicyclic) bond motifs is 1. The van der Waals surface area contributed by atoms with Gasteiger partial charge in [-0.1, -0.05) is 36.4 Å². The summed E-state index contributed by atoms with van der Waals surface area (Å²) < 4.78 is 106. The summed E-state index contributed by atoms with van der Waals surface area (Å²) in [4.78, 5) is 17.4. The Morgan fingerprint density at radius 2 is 1.55 bits per heavy atom. The highest BCUT2D eigenvalue weighted by Crippen LogP contribution is 2.51. The van der Waals surface area contributed by atoms with Crippen LogP contribution in [0, 0.1) is 0 Å². The molecule has 4 rings (SSSR count). The Balaban J connectivity index is 1.92. The van der Waals surface area contributed by atoms with E-state index >= 15 is 0 Å². The standard InChI is InChI=1S/C31H26F6N2O4S/c1-18(2)39-28(40)26(20-9-11-24(12-10-20)44(3,42)43)15-19-6-4-7-21(14-19)25-17-23(16-22-8-5-13-38-27(22)25)29(41,30(32,33)34)31(35,36)37/h4-18,41H,1-3H3,(H,39,40). The lowest BCUT2D eigenvalue weighted by Gasteiger charge is -2.33. The molecule has 3 aromatic carbocycles. The van der Waals surface area contributed by atoms with Crippen molar-refractivity contribution in [2.45, 2.75) is 42.7 Å². The van der Waals surface area contributed by atoms with E-state index in [4.69, 9.17) is 0 Å². The monoisotopic (exact) mass is 636 g/mol. The number of rotatable bonds is 7. The maximum absolute atomic E-state index is 13.8. The Hall–Kier alpha value is -4.23. The molecule has 1 heterocycles. The lowest BCUT2D eigenvalue weighted by atomic mass is 9.87. The molecule has 0 spiro atoms. The minimum absolute atomic E-state index is 0.0313. The van der Waals surface area contributed by atoms with E-state index in [1.165, 1.54) is 66.9 Å². The Bertz CT molecular complexity index is 1830. The summed E-state index contributed by atoms with van der Waals surface area (Å²) in [5.41, 5.74) is -5.64. The average Bonchev–Trinajstić information content (AvgIpc) is 2.93. The molecule has 232 valence electrons. The zero-order valence-corrected chi connectivity index (χ0v) is 24.3. The molecule has 1 aromatic heterocycles. The topological polar surface area (TPSA) is 96.4 Å². The van der Waals surface area contributed by atoms with Crippen molar-refractivity contribution in [3.8, 4) is 11.1 Å². The third-order valence-corrected chi connectivity index (χ3v) is 7.84. The van der Waals surface area contributed by atoms with Gasteiger partial charge in [0.15, 0.2) is 9.84 Å². The van der Waals surface area contributed by atoms with Gasteiger partial charge in [-0.25, -0.2) is 8.42 Å². The van der Waals surface area contributed by atoms with Crippen LogP contribution < -0.4 is 5.32 Å². The first-order chi connectivity index (χ1) is 20.3. The van der Waals surface area contributed by atoms with Gasteiger partial charge in [0.25, 0.3) is 11.5 Å². The van der Waals surface area contributed by atoms with Gasteiger partial charge in [-0.2, -0.15) is 26.3 Å². The van der Waals surface area contributed by atoms with Crippen molar-refractivity contribution in [1.82, 2.24) is 10.3 Å². The van der Waals surface area contributed by atoms with Crippen LogP contribution in [0.3, 0.4) is 0 Å². The van der Waals surface area contributed by atoms with Gasteiger partial charge in [-0.15, -0.1) is 0 Å². The van der Waals surface area contributed by atoms with Gasteiger partial charge in [-0.3, -0.25) is 9.78 Å². The Labute approximate surface area is 249 Å². The molecule has 0 saturated carbocycles. The summed E-state index contributed by atoms with van der Waals surface area (Å²) >= 11 is 0. The number of aromatic nitrogens is 1. The van der Waals surface area contributed by atoms with Crippen LogP contribution in [0.25, 0.3) is 33.7 Å². The number of pyridine rings is 1. The van der Waals surface area contributed by atoms with Crippen molar-refractivity contribution >= 4 is 38.3 Å². The fourth-order valence-electron chi connectivity index (χ4n) is 4.57. The summed E-state index contributed by atoms with van der Waals surface area (Å²) in [7, 11) is -3.51. The summed E-state index contributed by atoms with van der Waals surface area (Å²) in [6.07, 6.45) is -8.36. The quantitative estimate of drug-likeness (QED) is 0.134. The van der Waals surface area contributed by atoms with Gasteiger partial charge in [0.1, 0.15) is 0 Å². The molecular weight excluding hydrogens is 610 g/mol. The normalized spacial score (nSPS) is 13.4. The molecule has 6 nitrogen and oxygen atoms in total. The number of alkyl halides is 6. The number of benzene rings is 3. The number of nitrogens with zero attached hydrogens (tertiary/aromatic N) is 1. The van der Waals surface area contributed by atoms with E-state index in [0.717, 1.165) is 6.26 Å². The molecule has 0 unspecified atom stereocenters. The highest BCUT2D eigenvalue weighted by molar-refractivity contribution is 7.90. The summed E-state index contributed by atoms with van der Waals surface area (Å²) in [6.45, 7) is 3.47. The number of carbonyl (C=O) groups excluding carboxylic acids is 1. The van der Waals surface area contributed by atoms with Crippen LogP contribution in [-0.2, 0) is 20.2 Å². The molecule has 0 atom stereocenters. The highest BCUT2D eigenvalue weighted by atomic mass is 32.2. The van der Waals surface area contributed by atoms with Crippen molar-refractivity contribution in [1.29, 1.82) is 0 Å². The van der Waals surface area contributed by atoms with E-state index in [1.807, 2.05) is 0 Å². The fraction of sp³-hybridized carbons (Fsp3) is 0.226. The summed E-state index contributed by atoms with van der Waals surface area (Å²) in [5, 5.41) is 12.8. The SMILES string of the molecule is CC(C)NC(=O)C(=Cc1cccc(-c2cc(C(O)(C(F)(F)F)C(F)(F)F)cc3cccnc23)c1)c1ccc(S(C)(=O)=O)cc1. The predicted molar refractivity (Wildman–Crippen MR) is 154 cm³/mol. The third kappa shape index (κ3) is 6.48. The second kappa shape index (κ2) is 11.7. The van der Waals surface area contributed by atoms with Crippen LogP contribution >= 0.6 is 0 Å². The van der Waals surface area contributed by atoms with Crippen LogP contribution in [0.1, 0.15) is 30.5 Å². The average molecular weight is 637 g/mol. The van der Waals surface area contributed by atoms with Gasteiger partial charge >= 0.3 is 12.4 Å². The molecule has 0 aliphatic carbocycles. The van der Waals surface area contributed by atoms with Crippen LogP contribution in [0.15, 0.2) is 83.9 Å². The first-order valence-electron chi connectivity index (χ1n) is 13.0. The molecule has 1 amide bonds. The Morgan fingerprint density at radius 1 is 0.909 bits per heavy atom. The van der Waals surface area contributed by atoms with Gasteiger partial charge in [0.2, 0.25) is 0 Å². The second-order valence-corrected chi connectivity index (χ2v) is 12.4. The maximum atomic E-state index is 13.8. The fourth-order valence-corrected chi connectivity index (χ4v) is 5.20. The third-order valence-electron chi connectivity index (χ3n) is 6.71. The van der Waals surface area contributed by atoms with Crippen molar-refractivity contribution < 1.29 is 44.7 Å². The van der Waals surface area contributed by atoms with Gasteiger partial charge < -0.3 is 10.4 Å². The lowest BCUT2D eigenvalue weighted by molar-refractivity contribution is -0.376. The molecule has 13 heteroatoms. The van der Waals surface area contributed by atoms with Crippen LogP contribution in [0.4, 0.5) is 26.3 Å². The molecule has 2 N–H and O–H groups in total. The lowest BCUT2D eigenvalue weighted by Crippen LogP contribution is -2.53. The number of sulfone groups is 1. The number of amides is 1. The number of hydrogen-bond acceptors (Lipinski definition) is 5. The number of carbonyl (C=O) groups is 1. The van der Waals surface area contributed by atoms with E-state index in [1.54, 1.807) is 19.9 Å². The van der Waals surface area contributed by atoms with Crippen LogP contribution in [0.2, 0.25) is 0 Å². The number of halogens is 6. The van der Waals surface area contributed by atoms with E-state index in [-0.39, 0.29) is 38.5 Å². The minimum atomic E-state index is -6.09. The molecule has 0 radical (unpaired) electrons.